The molecular weight excluding hydrogens is 256 g/mol. The Morgan fingerprint density at radius 3 is 3.10 bits per heavy atom. The molecule has 0 aliphatic rings. The van der Waals surface area contributed by atoms with E-state index in [0.717, 1.165) is 5.56 Å². The maximum Gasteiger partial charge on any atom is 0.251 e. The Morgan fingerprint density at radius 2 is 2.40 bits per heavy atom. The number of hydrogen-bond acceptors (Lipinski definition) is 5. The summed E-state index contributed by atoms with van der Waals surface area (Å²) in [6.45, 7) is 2.06. The van der Waals surface area contributed by atoms with Gasteiger partial charge in [0.05, 0.1) is 12.6 Å². The Morgan fingerprint density at radius 1 is 1.55 bits per heavy atom. The van der Waals surface area contributed by atoms with Gasteiger partial charge in [-0.25, -0.2) is 0 Å². The van der Waals surface area contributed by atoms with Gasteiger partial charge in [-0.05, 0) is 25.1 Å². The fourth-order valence-corrected chi connectivity index (χ4v) is 1.59. The van der Waals surface area contributed by atoms with Crippen molar-refractivity contribution in [1.82, 2.24) is 25.9 Å². The smallest absolute Gasteiger partial charge is 0.251 e. The van der Waals surface area contributed by atoms with Crippen LogP contribution in [0.1, 0.15) is 34.7 Å². The van der Waals surface area contributed by atoms with E-state index in [4.69, 9.17) is 5.73 Å². The van der Waals surface area contributed by atoms with Crippen LogP contribution in [0.25, 0.3) is 0 Å². The van der Waals surface area contributed by atoms with Crippen molar-refractivity contribution in [1.29, 1.82) is 0 Å². The van der Waals surface area contributed by atoms with Gasteiger partial charge < -0.3 is 11.1 Å². The molecule has 20 heavy (non-hydrogen) atoms. The highest BCUT2D eigenvalue weighted by atomic mass is 16.1. The number of aromatic amines is 1. The van der Waals surface area contributed by atoms with E-state index in [9.17, 15) is 4.79 Å². The largest absolute Gasteiger partial charge is 0.342 e. The van der Waals surface area contributed by atoms with Crippen molar-refractivity contribution in [3.05, 3.63) is 41.2 Å². The first-order valence-electron chi connectivity index (χ1n) is 6.04. The van der Waals surface area contributed by atoms with Crippen molar-refractivity contribution in [2.45, 2.75) is 13.0 Å². The molecule has 7 heteroatoms. The summed E-state index contributed by atoms with van der Waals surface area (Å²) in [4.78, 5) is 12.1. The normalized spacial score (nSPS) is 11.3. The highest BCUT2D eigenvalue weighted by Crippen LogP contribution is 2.08. The van der Waals surface area contributed by atoms with E-state index in [1.165, 1.54) is 0 Å². The lowest BCUT2D eigenvalue weighted by Gasteiger charge is -2.10. The maximum absolute atomic E-state index is 12.1. The predicted molar refractivity (Wildman–Crippen MR) is 72.4 cm³/mol. The average molecular weight is 270 g/mol. The second-order valence-electron chi connectivity index (χ2n) is 4.05. The molecule has 1 aromatic heterocycles. The van der Waals surface area contributed by atoms with Crippen LogP contribution >= 0.6 is 0 Å². The Labute approximate surface area is 116 Å². The van der Waals surface area contributed by atoms with E-state index < -0.39 is 0 Å². The second kappa shape index (κ2) is 6.45. The first-order valence-corrected chi connectivity index (χ1v) is 6.04. The van der Waals surface area contributed by atoms with Crippen molar-refractivity contribution >= 4 is 5.91 Å². The molecule has 102 valence electrons. The predicted octanol–water partition coefficient (Wildman–Crippen LogP) is 0.000900. The van der Waals surface area contributed by atoms with E-state index in [0.29, 0.717) is 11.4 Å². The van der Waals surface area contributed by atoms with Gasteiger partial charge >= 0.3 is 0 Å². The average Bonchev–Trinajstić information content (AvgIpc) is 2.99. The van der Waals surface area contributed by atoms with Gasteiger partial charge in [0.15, 0.2) is 5.82 Å². The highest BCUT2D eigenvalue weighted by molar-refractivity contribution is 5.94. The monoisotopic (exact) mass is 270 g/mol. The molecule has 1 atom stereocenters. The third-order valence-electron chi connectivity index (χ3n) is 2.56. The number of benzene rings is 1. The number of carbonyl (C=O) groups excluding carboxylic acids is 1. The zero-order valence-corrected chi connectivity index (χ0v) is 10.9. The lowest BCUT2D eigenvalue weighted by molar-refractivity contribution is 0.0938. The molecule has 0 saturated heterocycles. The van der Waals surface area contributed by atoms with E-state index in [1.807, 2.05) is 6.07 Å². The molecule has 2 aromatic rings. The van der Waals surface area contributed by atoms with Gasteiger partial charge in [0.1, 0.15) is 0 Å². The fourth-order valence-electron chi connectivity index (χ4n) is 1.59. The van der Waals surface area contributed by atoms with Crippen LogP contribution in [0.3, 0.4) is 0 Å². The number of nitrogens with two attached hydrogens (primary N) is 1. The fraction of sp³-hybridized carbons (Fsp3) is 0.231. The highest BCUT2D eigenvalue weighted by Gasteiger charge is 2.14. The summed E-state index contributed by atoms with van der Waals surface area (Å²) >= 11 is 0. The summed E-state index contributed by atoms with van der Waals surface area (Å²) in [5.41, 5.74) is 6.58. The van der Waals surface area contributed by atoms with Gasteiger partial charge in [0.25, 0.3) is 5.91 Å². The molecule has 0 spiro atoms. The summed E-state index contributed by atoms with van der Waals surface area (Å²) in [5, 5.41) is 16.2. The zero-order valence-electron chi connectivity index (χ0n) is 10.9. The maximum atomic E-state index is 12.1. The molecule has 1 amide bonds. The molecule has 1 unspecified atom stereocenters. The molecule has 0 saturated carbocycles. The van der Waals surface area contributed by atoms with E-state index in [-0.39, 0.29) is 18.5 Å². The molecule has 1 heterocycles. The van der Waals surface area contributed by atoms with Crippen molar-refractivity contribution in [3.63, 3.8) is 0 Å². The SMILES string of the molecule is CC(NC(=O)c1cccc(C#CCN)c1)c1nn[nH]n1. The van der Waals surface area contributed by atoms with Crippen LogP contribution in [0, 0.1) is 11.8 Å². The van der Waals surface area contributed by atoms with Crippen LogP contribution in [-0.2, 0) is 0 Å². The molecule has 0 fully saturated rings. The minimum Gasteiger partial charge on any atom is -0.342 e. The van der Waals surface area contributed by atoms with Gasteiger partial charge in [-0.1, -0.05) is 23.1 Å². The molecule has 0 radical (unpaired) electrons. The van der Waals surface area contributed by atoms with Crippen molar-refractivity contribution < 1.29 is 4.79 Å². The van der Waals surface area contributed by atoms with E-state index in [1.54, 1.807) is 25.1 Å². The number of nitrogens with one attached hydrogen (secondary N) is 2. The summed E-state index contributed by atoms with van der Waals surface area (Å²) in [7, 11) is 0. The third kappa shape index (κ3) is 3.40. The number of rotatable bonds is 3. The van der Waals surface area contributed by atoms with Crippen LogP contribution in [0.15, 0.2) is 24.3 Å². The van der Waals surface area contributed by atoms with Crippen molar-refractivity contribution in [3.8, 4) is 11.8 Å². The summed E-state index contributed by atoms with van der Waals surface area (Å²) < 4.78 is 0. The van der Waals surface area contributed by atoms with Gasteiger partial charge in [-0.2, -0.15) is 5.21 Å². The Balaban J connectivity index is 2.09. The van der Waals surface area contributed by atoms with Crippen molar-refractivity contribution in [2.24, 2.45) is 5.73 Å². The lowest BCUT2D eigenvalue weighted by Crippen LogP contribution is -2.27. The minimum absolute atomic E-state index is 0.223. The van der Waals surface area contributed by atoms with Gasteiger partial charge in [-0.15, -0.1) is 10.2 Å². The van der Waals surface area contributed by atoms with Crippen LogP contribution in [0.4, 0.5) is 0 Å². The van der Waals surface area contributed by atoms with E-state index >= 15 is 0 Å². The Hall–Kier alpha value is -2.72. The number of carbonyl (C=O) groups is 1. The van der Waals surface area contributed by atoms with Crippen LogP contribution in [-0.4, -0.2) is 33.1 Å². The number of tetrazole rings is 1. The quantitative estimate of drug-likeness (QED) is 0.680. The van der Waals surface area contributed by atoms with Gasteiger partial charge in [-0.3, -0.25) is 4.79 Å². The Kier molecular flexibility index (Phi) is 4.42. The minimum atomic E-state index is -0.333. The molecule has 0 aliphatic heterocycles. The second-order valence-corrected chi connectivity index (χ2v) is 4.05. The first-order chi connectivity index (χ1) is 9.70. The first kappa shape index (κ1) is 13.7. The van der Waals surface area contributed by atoms with Crippen LogP contribution < -0.4 is 11.1 Å². The molecule has 0 aliphatic carbocycles. The van der Waals surface area contributed by atoms with E-state index in [2.05, 4.69) is 37.8 Å². The number of hydrogen-bond donors (Lipinski definition) is 3. The number of aromatic nitrogens is 4. The van der Waals surface area contributed by atoms with Crippen molar-refractivity contribution in [2.75, 3.05) is 6.54 Å². The summed E-state index contributed by atoms with van der Waals surface area (Å²) in [6, 6.07) is 6.68. The van der Waals surface area contributed by atoms with Crippen LogP contribution in [0.2, 0.25) is 0 Å². The number of nitrogens with zero attached hydrogens (tertiary/aromatic N) is 3. The molecule has 1 aromatic carbocycles. The Bertz CT molecular complexity index is 640. The molecule has 2 rings (SSSR count). The number of H-pyrrole nitrogens is 1. The lowest BCUT2D eigenvalue weighted by atomic mass is 10.1. The summed E-state index contributed by atoms with van der Waals surface area (Å²) in [5.74, 6) is 5.84. The number of amides is 1. The molecule has 4 N–H and O–H groups in total. The summed E-state index contributed by atoms with van der Waals surface area (Å²) in [6.07, 6.45) is 0. The topological polar surface area (TPSA) is 110 Å². The third-order valence-corrected chi connectivity index (χ3v) is 2.56. The van der Waals surface area contributed by atoms with Gasteiger partial charge in [0.2, 0.25) is 0 Å². The zero-order chi connectivity index (χ0) is 14.4. The van der Waals surface area contributed by atoms with Crippen LogP contribution in [0.5, 0.6) is 0 Å². The standard InChI is InChI=1S/C13H14N6O/c1-9(12-16-18-19-17-12)15-13(20)11-6-2-4-10(8-11)5-3-7-14/h2,4,6,8-9H,7,14H2,1H3,(H,15,20)(H,16,17,18,19). The van der Waals surface area contributed by atoms with Gasteiger partial charge in [0, 0.05) is 11.1 Å². The molecular formula is C13H14N6O. The molecule has 7 nitrogen and oxygen atoms in total. The molecule has 0 bridgehead atoms.